The zero-order valence-corrected chi connectivity index (χ0v) is 5.64. The molecule has 1 N–H and O–H groups in total. The standard InChI is InChI=1S/C9H10O/c10-9-5-1-3-6-7(4-2-5)8(6)9/h1-10H. The second-order valence-electron chi connectivity index (χ2n) is 3.57. The molecule has 0 aromatic carbocycles. The summed E-state index contributed by atoms with van der Waals surface area (Å²) in [6.45, 7) is 0. The Labute approximate surface area is 60.1 Å². The molecule has 3 unspecified atom stereocenters. The van der Waals surface area contributed by atoms with Gasteiger partial charge in [-0.3, -0.25) is 0 Å². The largest absolute Gasteiger partial charge is 0.392 e. The SMILES string of the molecule is OC1C2C=CC3C(C=C2)C13. The van der Waals surface area contributed by atoms with Crippen molar-refractivity contribution in [3.63, 3.8) is 0 Å². The Morgan fingerprint density at radius 3 is 2.00 bits per heavy atom. The molecule has 1 saturated carbocycles. The van der Waals surface area contributed by atoms with E-state index < -0.39 is 0 Å². The van der Waals surface area contributed by atoms with Gasteiger partial charge in [-0.05, 0) is 17.8 Å². The Hall–Kier alpha value is -0.560. The summed E-state index contributed by atoms with van der Waals surface area (Å²) >= 11 is 0. The number of allylic oxidation sites excluding steroid dienone is 2. The van der Waals surface area contributed by atoms with E-state index in [9.17, 15) is 5.11 Å². The highest BCUT2D eigenvalue weighted by Gasteiger charge is 2.56. The van der Waals surface area contributed by atoms with Gasteiger partial charge in [0.15, 0.2) is 0 Å². The van der Waals surface area contributed by atoms with E-state index in [0.29, 0.717) is 23.7 Å². The number of aliphatic hydroxyl groups excluding tert-OH is 1. The van der Waals surface area contributed by atoms with Gasteiger partial charge in [0.25, 0.3) is 0 Å². The lowest BCUT2D eigenvalue weighted by molar-refractivity contribution is 0.111. The van der Waals surface area contributed by atoms with E-state index in [0.717, 1.165) is 0 Å². The molecule has 1 nitrogen and oxygen atoms in total. The quantitative estimate of drug-likeness (QED) is 0.489. The van der Waals surface area contributed by atoms with Crippen LogP contribution in [-0.4, -0.2) is 11.2 Å². The highest BCUT2D eigenvalue weighted by Crippen LogP contribution is 2.57. The predicted molar refractivity (Wildman–Crippen MR) is 38.2 cm³/mol. The zero-order chi connectivity index (χ0) is 6.72. The lowest BCUT2D eigenvalue weighted by Crippen LogP contribution is -2.24. The van der Waals surface area contributed by atoms with Gasteiger partial charge in [-0.25, -0.2) is 0 Å². The summed E-state index contributed by atoms with van der Waals surface area (Å²) in [6.07, 6.45) is 8.77. The minimum Gasteiger partial charge on any atom is -0.392 e. The highest BCUT2D eigenvalue weighted by atomic mass is 16.3. The van der Waals surface area contributed by atoms with Crippen LogP contribution in [-0.2, 0) is 0 Å². The first-order valence-electron chi connectivity index (χ1n) is 3.92. The molecule has 3 atom stereocenters. The molecule has 0 amide bonds. The van der Waals surface area contributed by atoms with Crippen LogP contribution < -0.4 is 0 Å². The first-order chi connectivity index (χ1) is 4.88. The molecule has 0 radical (unpaired) electrons. The summed E-state index contributed by atoms with van der Waals surface area (Å²) < 4.78 is 0. The second kappa shape index (κ2) is 1.37. The third-order valence-electron chi connectivity index (χ3n) is 3.09. The summed E-state index contributed by atoms with van der Waals surface area (Å²) in [4.78, 5) is 0. The van der Waals surface area contributed by atoms with Gasteiger partial charge in [-0.1, -0.05) is 24.3 Å². The fourth-order valence-electron chi connectivity index (χ4n) is 2.42. The van der Waals surface area contributed by atoms with E-state index in [4.69, 9.17) is 0 Å². The van der Waals surface area contributed by atoms with Crippen LogP contribution in [0.4, 0.5) is 0 Å². The smallest absolute Gasteiger partial charge is 0.0677 e. The molecule has 1 heteroatoms. The molecule has 0 spiro atoms. The minimum atomic E-state index is -0.0648. The van der Waals surface area contributed by atoms with E-state index in [2.05, 4.69) is 24.3 Å². The Bertz CT molecular complexity index is 209. The van der Waals surface area contributed by atoms with Crippen LogP contribution in [0.3, 0.4) is 0 Å². The molecule has 10 heavy (non-hydrogen) atoms. The molecular formula is C9H10O. The van der Waals surface area contributed by atoms with Crippen LogP contribution >= 0.6 is 0 Å². The van der Waals surface area contributed by atoms with E-state index in [-0.39, 0.29) is 6.10 Å². The number of hydrogen-bond donors (Lipinski definition) is 1. The second-order valence-corrected chi connectivity index (χ2v) is 3.57. The summed E-state index contributed by atoms with van der Waals surface area (Å²) in [5, 5.41) is 9.61. The van der Waals surface area contributed by atoms with Crippen molar-refractivity contribution in [1.82, 2.24) is 0 Å². The van der Waals surface area contributed by atoms with Crippen molar-refractivity contribution in [2.75, 3.05) is 0 Å². The van der Waals surface area contributed by atoms with E-state index >= 15 is 0 Å². The van der Waals surface area contributed by atoms with Crippen molar-refractivity contribution in [3.05, 3.63) is 24.3 Å². The average Bonchev–Trinajstić information content (AvgIpc) is 2.59. The van der Waals surface area contributed by atoms with Crippen LogP contribution in [0.25, 0.3) is 0 Å². The average molecular weight is 134 g/mol. The molecule has 2 bridgehead atoms. The van der Waals surface area contributed by atoms with Gasteiger partial charge in [0, 0.05) is 5.92 Å². The van der Waals surface area contributed by atoms with Crippen molar-refractivity contribution in [2.24, 2.45) is 23.7 Å². The molecule has 0 heterocycles. The molecule has 3 aliphatic carbocycles. The number of fused-ring (bicyclic) bond motifs is 2. The van der Waals surface area contributed by atoms with Crippen molar-refractivity contribution < 1.29 is 5.11 Å². The maximum atomic E-state index is 9.61. The zero-order valence-electron chi connectivity index (χ0n) is 5.64. The molecule has 3 rings (SSSR count). The Kier molecular flexibility index (Phi) is 0.706. The maximum absolute atomic E-state index is 9.61. The van der Waals surface area contributed by atoms with Gasteiger partial charge in [0.2, 0.25) is 0 Å². The summed E-state index contributed by atoms with van der Waals surface area (Å²) in [7, 11) is 0. The first-order valence-corrected chi connectivity index (χ1v) is 3.92. The monoisotopic (exact) mass is 134 g/mol. The van der Waals surface area contributed by atoms with Gasteiger partial charge in [0.05, 0.1) is 6.10 Å². The van der Waals surface area contributed by atoms with Gasteiger partial charge in [-0.15, -0.1) is 0 Å². The van der Waals surface area contributed by atoms with Crippen molar-refractivity contribution in [1.29, 1.82) is 0 Å². The van der Waals surface area contributed by atoms with Crippen molar-refractivity contribution in [2.45, 2.75) is 6.10 Å². The Morgan fingerprint density at radius 2 is 1.50 bits per heavy atom. The van der Waals surface area contributed by atoms with Crippen LogP contribution in [0.15, 0.2) is 24.3 Å². The number of rotatable bonds is 0. The molecule has 52 valence electrons. The summed E-state index contributed by atoms with van der Waals surface area (Å²) in [6, 6.07) is 0. The fraction of sp³-hybridized carbons (Fsp3) is 0.556. The third-order valence-corrected chi connectivity index (χ3v) is 3.09. The van der Waals surface area contributed by atoms with Crippen LogP contribution in [0.5, 0.6) is 0 Å². The summed E-state index contributed by atoms with van der Waals surface area (Å²) in [5.41, 5.74) is 0. The molecule has 0 saturated heterocycles. The van der Waals surface area contributed by atoms with Gasteiger partial charge >= 0.3 is 0 Å². The van der Waals surface area contributed by atoms with Crippen LogP contribution in [0.2, 0.25) is 0 Å². The fourth-order valence-corrected chi connectivity index (χ4v) is 2.42. The van der Waals surface area contributed by atoms with Gasteiger partial charge < -0.3 is 5.11 Å². The lowest BCUT2D eigenvalue weighted by atomic mass is 9.90. The first kappa shape index (κ1) is 5.14. The predicted octanol–water partition coefficient (Wildman–Crippen LogP) is 0.965. The molecule has 0 aromatic heterocycles. The molecule has 3 aliphatic rings. The minimum absolute atomic E-state index is 0.0648. The molecule has 0 aliphatic heterocycles. The Balaban J connectivity index is 2.13. The van der Waals surface area contributed by atoms with Gasteiger partial charge in [-0.2, -0.15) is 0 Å². The van der Waals surface area contributed by atoms with Crippen LogP contribution in [0, 0.1) is 23.7 Å². The third kappa shape index (κ3) is 0.410. The van der Waals surface area contributed by atoms with Crippen LogP contribution in [0.1, 0.15) is 0 Å². The van der Waals surface area contributed by atoms with E-state index in [1.165, 1.54) is 0 Å². The topological polar surface area (TPSA) is 20.2 Å². The molecule has 1 fully saturated rings. The lowest BCUT2D eigenvalue weighted by Gasteiger charge is -2.21. The maximum Gasteiger partial charge on any atom is 0.0677 e. The van der Waals surface area contributed by atoms with E-state index in [1.807, 2.05) is 0 Å². The number of aliphatic hydroxyl groups is 1. The summed E-state index contributed by atoms with van der Waals surface area (Å²) in [5.74, 6) is 2.29. The van der Waals surface area contributed by atoms with Gasteiger partial charge in [0.1, 0.15) is 0 Å². The number of hydrogen-bond acceptors (Lipinski definition) is 1. The molecular weight excluding hydrogens is 124 g/mol. The van der Waals surface area contributed by atoms with E-state index in [1.54, 1.807) is 0 Å². The molecule has 0 aromatic rings. The van der Waals surface area contributed by atoms with Crippen molar-refractivity contribution in [3.8, 4) is 0 Å². The highest BCUT2D eigenvalue weighted by molar-refractivity contribution is 5.30. The Morgan fingerprint density at radius 1 is 0.900 bits per heavy atom. The normalized spacial score (nSPS) is 60.7. The van der Waals surface area contributed by atoms with Crippen molar-refractivity contribution >= 4 is 0 Å².